The van der Waals surface area contributed by atoms with Crippen LogP contribution in [-0.4, -0.2) is 29.9 Å². The summed E-state index contributed by atoms with van der Waals surface area (Å²) in [6, 6.07) is 0. The number of carbonyl (C=O) groups is 1. The van der Waals surface area contributed by atoms with Crippen LogP contribution in [0.4, 0.5) is 0 Å². The first-order valence-corrected chi connectivity index (χ1v) is 5.73. The van der Waals surface area contributed by atoms with Gasteiger partial charge in [-0.25, -0.2) is 0 Å². The van der Waals surface area contributed by atoms with Crippen molar-refractivity contribution in [2.75, 3.05) is 13.2 Å². The number of ether oxygens (including phenoxy) is 2. The molecule has 70 valence electrons. The predicted molar refractivity (Wildman–Crippen MR) is 46.0 cm³/mol. The predicted octanol–water partition coefficient (Wildman–Crippen LogP) is 0.493. The minimum absolute atomic E-state index is 0.115. The molecule has 0 amide bonds. The Morgan fingerprint density at radius 3 is 2.15 bits per heavy atom. The molecule has 4 aliphatic rings. The molecule has 1 aliphatic carbocycles. The van der Waals surface area contributed by atoms with Gasteiger partial charge in [0.1, 0.15) is 16.7 Å². The molecule has 3 heterocycles. The quantitative estimate of drug-likeness (QED) is 0.567. The molecule has 1 saturated carbocycles. The van der Waals surface area contributed by atoms with Gasteiger partial charge in [0.25, 0.3) is 0 Å². The van der Waals surface area contributed by atoms with Crippen molar-refractivity contribution in [2.45, 2.75) is 10.9 Å². The van der Waals surface area contributed by atoms with E-state index in [-0.39, 0.29) is 22.7 Å². The molecule has 13 heavy (non-hydrogen) atoms. The average molecular weight is 198 g/mol. The smallest absolute Gasteiger partial charge is 0.146 e. The van der Waals surface area contributed by atoms with Crippen LogP contribution in [-0.2, 0) is 14.3 Å². The van der Waals surface area contributed by atoms with Gasteiger partial charge >= 0.3 is 0 Å². The lowest BCUT2D eigenvalue weighted by atomic mass is 9.91. The van der Waals surface area contributed by atoms with Gasteiger partial charge in [-0.05, 0) is 0 Å². The topological polar surface area (TPSA) is 35.5 Å². The average Bonchev–Trinajstić information content (AvgIpc) is 2.65. The van der Waals surface area contributed by atoms with Crippen LogP contribution in [0.2, 0.25) is 0 Å². The number of fused-ring (bicyclic) bond motifs is 1. The molecule has 3 saturated heterocycles. The maximum absolute atomic E-state index is 11.9. The highest BCUT2D eigenvalue weighted by Crippen LogP contribution is 2.59. The number of hydrogen-bond acceptors (Lipinski definition) is 4. The second-order valence-electron chi connectivity index (χ2n) is 4.32. The van der Waals surface area contributed by atoms with E-state index in [1.165, 1.54) is 0 Å². The van der Waals surface area contributed by atoms with Gasteiger partial charge in [0.2, 0.25) is 0 Å². The number of Topliss-reactive ketones (excluding diaryl/α,β-unsaturated/α-hetero) is 1. The van der Waals surface area contributed by atoms with Gasteiger partial charge in [-0.3, -0.25) is 4.79 Å². The fourth-order valence-corrected chi connectivity index (χ4v) is 4.89. The lowest BCUT2D eigenvalue weighted by Crippen LogP contribution is -2.35. The zero-order valence-electron chi connectivity index (χ0n) is 7.01. The summed E-state index contributed by atoms with van der Waals surface area (Å²) in [5.41, 5.74) is 0.230. The first-order chi connectivity index (χ1) is 6.36. The van der Waals surface area contributed by atoms with Crippen molar-refractivity contribution in [1.29, 1.82) is 0 Å². The van der Waals surface area contributed by atoms with E-state index in [1.54, 1.807) is 11.8 Å². The van der Waals surface area contributed by atoms with Crippen LogP contribution in [0, 0.1) is 23.7 Å². The minimum Gasteiger partial charge on any atom is -0.366 e. The molecule has 4 fully saturated rings. The second-order valence-corrected chi connectivity index (χ2v) is 5.52. The summed E-state index contributed by atoms with van der Waals surface area (Å²) in [5, 5.41) is 0. The fraction of sp³-hybridized carbons (Fsp3) is 0.889. The Hall–Kier alpha value is -0.0600. The van der Waals surface area contributed by atoms with E-state index in [2.05, 4.69) is 0 Å². The van der Waals surface area contributed by atoms with Gasteiger partial charge in [0.15, 0.2) is 0 Å². The highest BCUT2D eigenvalue weighted by atomic mass is 32.2. The maximum atomic E-state index is 11.9. The van der Waals surface area contributed by atoms with Gasteiger partial charge in [-0.1, -0.05) is 11.8 Å². The lowest BCUT2D eigenvalue weighted by molar-refractivity contribution is -0.126. The van der Waals surface area contributed by atoms with E-state index in [4.69, 9.17) is 9.47 Å². The molecular weight excluding hydrogens is 188 g/mol. The van der Waals surface area contributed by atoms with Crippen molar-refractivity contribution in [1.82, 2.24) is 0 Å². The van der Waals surface area contributed by atoms with Gasteiger partial charge in [-0.15, -0.1) is 0 Å². The molecule has 4 rings (SSSR count). The largest absolute Gasteiger partial charge is 0.366 e. The summed E-state index contributed by atoms with van der Waals surface area (Å²) >= 11 is 1.73. The van der Waals surface area contributed by atoms with Gasteiger partial charge in [-0.2, -0.15) is 0 Å². The van der Waals surface area contributed by atoms with E-state index in [0.29, 0.717) is 17.6 Å². The summed E-state index contributed by atoms with van der Waals surface area (Å²) < 4.78 is 11.2. The third kappa shape index (κ3) is 0.671. The first kappa shape index (κ1) is 7.26. The molecule has 0 radical (unpaired) electrons. The molecule has 6 atom stereocenters. The molecule has 3 aliphatic heterocycles. The van der Waals surface area contributed by atoms with Crippen molar-refractivity contribution in [3.63, 3.8) is 0 Å². The van der Waals surface area contributed by atoms with Crippen LogP contribution in [0.1, 0.15) is 0 Å². The van der Waals surface area contributed by atoms with E-state index in [0.717, 1.165) is 13.2 Å². The summed E-state index contributed by atoms with van der Waals surface area (Å²) in [7, 11) is 0. The molecule has 0 N–H and O–H groups in total. The fourth-order valence-electron chi connectivity index (χ4n) is 3.30. The molecule has 3 nitrogen and oxygen atoms in total. The number of hydrogen-bond donors (Lipinski definition) is 0. The van der Waals surface area contributed by atoms with Crippen LogP contribution in [0.3, 0.4) is 0 Å². The van der Waals surface area contributed by atoms with Crippen LogP contribution >= 0.6 is 11.8 Å². The van der Waals surface area contributed by atoms with Crippen LogP contribution in [0.5, 0.6) is 0 Å². The molecule has 2 bridgehead atoms. The van der Waals surface area contributed by atoms with Gasteiger partial charge in [0.05, 0.1) is 25.0 Å². The molecule has 0 aromatic carbocycles. The third-order valence-corrected chi connectivity index (χ3v) is 5.29. The Morgan fingerprint density at radius 1 is 1.08 bits per heavy atom. The standard InChI is InChI=1S/C9H10O3S/c10-7-5-3-1-11-8(5)13-9-6(7)4(3)2-12-9/h3-6,8-9H,1-2H2/t3-,4+,5-,6+,8+,9-. The Balaban J connectivity index is 1.89. The summed E-state index contributed by atoms with van der Waals surface area (Å²) in [6.07, 6.45) is 0. The van der Waals surface area contributed by atoms with E-state index >= 15 is 0 Å². The highest BCUT2D eigenvalue weighted by molar-refractivity contribution is 8.00. The molecule has 4 heteroatoms. The molecule has 0 aromatic rings. The van der Waals surface area contributed by atoms with E-state index in [1.807, 2.05) is 0 Å². The van der Waals surface area contributed by atoms with E-state index in [9.17, 15) is 4.79 Å². The monoisotopic (exact) mass is 198 g/mol. The maximum Gasteiger partial charge on any atom is 0.146 e. The van der Waals surface area contributed by atoms with Crippen molar-refractivity contribution in [3.8, 4) is 0 Å². The Kier molecular flexibility index (Phi) is 1.19. The van der Waals surface area contributed by atoms with Gasteiger partial charge in [0, 0.05) is 11.8 Å². The normalized spacial score (nSPS) is 62.0. The highest BCUT2D eigenvalue weighted by Gasteiger charge is 2.65. The molecular formula is C9H10O3S. The lowest BCUT2D eigenvalue weighted by Gasteiger charge is -2.27. The third-order valence-electron chi connectivity index (χ3n) is 3.89. The second kappa shape index (κ2) is 2.12. The summed E-state index contributed by atoms with van der Waals surface area (Å²) in [4.78, 5) is 11.9. The number of rotatable bonds is 0. The zero-order chi connectivity index (χ0) is 8.58. The molecule has 0 spiro atoms. The first-order valence-electron chi connectivity index (χ1n) is 4.78. The Labute approximate surface area is 80.1 Å². The van der Waals surface area contributed by atoms with Crippen LogP contribution < -0.4 is 0 Å². The number of carbonyl (C=O) groups excluding carboxylic acids is 1. The van der Waals surface area contributed by atoms with Crippen molar-refractivity contribution in [3.05, 3.63) is 0 Å². The SMILES string of the molecule is O=C1[C@@H]2[C@H]3CO[C@@H]2S[C@@H]2OC[C@H]3[C@H]12. The number of thioether (sulfide) groups is 1. The summed E-state index contributed by atoms with van der Waals surface area (Å²) in [6.45, 7) is 1.57. The Morgan fingerprint density at radius 2 is 1.62 bits per heavy atom. The van der Waals surface area contributed by atoms with Gasteiger partial charge < -0.3 is 9.47 Å². The molecule has 0 aromatic heterocycles. The van der Waals surface area contributed by atoms with Crippen molar-refractivity contribution < 1.29 is 14.3 Å². The van der Waals surface area contributed by atoms with Crippen molar-refractivity contribution in [2.24, 2.45) is 23.7 Å². The summed E-state index contributed by atoms with van der Waals surface area (Å²) in [5.74, 6) is 1.80. The zero-order valence-corrected chi connectivity index (χ0v) is 7.83. The molecule has 0 unspecified atom stereocenters. The van der Waals surface area contributed by atoms with Crippen LogP contribution in [0.25, 0.3) is 0 Å². The van der Waals surface area contributed by atoms with Crippen LogP contribution in [0.15, 0.2) is 0 Å². The Bertz CT molecular complexity index is 267. The van der Waals surface area contributed by atoms with E-state index < -0.39 is 0 Å². The van der Waals surface area contributed by atoms with Crippen molar-refractivity contribution >= 4 is 17.5 Å². The minimum atomic E-state index is 0.115. The number of ketones is 1.